The van der Waals surface area contributed by atoms with E-state index in [1.54, 1.807) is 18.2 Å². The van der Waals surface area contributed by atoms with Gasteiger partial charge in [0.25, 0.3) is 0 Å². The van der Waals surface area contributed by atoms with Crippen molar-refractivity contribution in [1.82, 2.24) is 4.98 Å². The molecule has 0 saturated heterocycles. The summed E-state index contributed by atoms with van der Waals surface area (Å²) in [4.78, 5) is 3.53. The number of nitrogens with zero attached hydrogens (tertiary/aromatic N) is 1. The predicted molar refractivity (Wildman–Crippen MR) is 70.3 cm³/mol. The summed E-state index contributed by atoms with van der Waals surface area (Å²) in [6.45, 7) is 1.83. The molecule has 0 aliphatic heterocycles. The van der Waals surface area contributed by atoms with Crippen molar-refractivity contribution in [2.24, 2.45) is 0 Å². The maximum Gasteiger partial charge on any atom is 0.212 e. The van der Waals surface area contributed by atoms with Crippen LogP contribution >= 0.6 is 15.9 Å². The molecule has 0 bridgehead atoms. The summed E-state index contributed by atoms with van der Waals surface area (Å²) >= 11 is 3.21. The maximum absolute atomic E-state index is 13.7. The predicted octanol–water partition coefficient (Wildman–Crippen LogP) is 4.30. The molecule has 1 heterocycles. The lowest BCUT2D eigenvalue weighted by atomic mass is 10.1. The van der Waals surface area contributed by atoms with E-state index in [2.05, 4.69) is 26.2 Å². The zero-order valence-electron chi connectivity index (χ0n) is 9.62. The lowest BCUT2D eigenvalue weighted by molar-refractivity contribution is 0.583. The highest BCUT2D eigenvalue weighted by atomic mass is 79.9. The fraction of sp³-hybridized carbons (Fsp3) is 0.154. The first-order valence-corrected chi connectivity index (χ1v) is 6.18. The van der Waals surface area contributed by atoms with Gasteiger partial charge in [-0.2, -0.15) is 4.39 Å². The number of hydrogen-bond donors (Lipinski definition) is 1. The van der Waals surface area contributed by atoms with Crippen molar-refractivity contribution in [1.29, 1.82) is 0 Å². The molecule has 1 aromatic heterocycles. The number of nitrogens with one attached hydrogen (secondary N) is 1. The molecule has 1 aromatic carbocycles. The Morgan fingerprint density at radius 1 is 1.22 bits per heavy atom. The molecule has 0 amide bonds. The van der Waals surface area contributed by atoms with E-state index in [9.17, 15) is 8.78 Å². The Morgan fingerprint density at radius 2 is 2.00 bits per heavy atom. The van der Waals surface area contributed by atoms with Crippen LogP contribution in [0.1, 0.15) is 18.5 Å². The second kappa shape index (κ2) is 5.44. The molecule has 94 valence electrons. The highest BCUT2D eigenvalue weighted by molar-refractivity contribution is 9.10. The first-order chi connectivity index (χ1) is 8.56. The van der Waals surface area contributed by atoms with Crippen LogP contribution in [0.15, 0.2) is 41.0 Å². The van der Waals surface area contributed by atoms with Gasteiger partial charge in [-0.05, 0) is 31.2 Å². The van der Waals surface area contributed by atoms with Crippen LogP contribution in [-0.4, -0.2) is 4.98 Å². The molecular formula is C13H11BrF2N2. The second-order valence-electron chi connectivity index (χ2n) is 3.90. The largest absolute Gasteiger partial charge is 0.377 e. The molecule has 1 unspecified atom stereocenters. The van der Waals surface area contributed by atoms with E-state index < -0.39 is 5.95 Å². The summed E-state index contributed by atoms with van der Waals surface area (Å²) in [5, 5.41) is 3.06. The number of halogens is 3. The molecular weight excluding hydrogens is 302 g/mol. The summed E-state index contributed by atoms with van der Waals surface area (Å²) in [6, 6.07) is 7.48. The number of anilines is 1. The van der Waals surface area contributed by atoms with E-state index in [0.29, 0.717) is 15.7 Å². The number of rotatable bonds is 3. The second-order valence-corrected chi connectivity index (χ2v) is 4.82. The maximum atomic E-state index is 13.7. The molecule has 0 spiro atoms. The van der Waals surface area contributed by atoms with Gasteiger partial charge < -0.3 is 5.32 Å². The molecule has 1 N–H and O–H groups in total. The molecule has 2 rings (SSSR count). The first kappa shape index (κ1) is 13.0. The van der Waals surface area contributed by atoms with Crippen LogP contribution in [0.25, 0.3) is 0 Å². The summed E-state index contributed by atoms with van der Waals surface area (Å²) < 4.78 is 27.1. The van der Waals surface area contributed by atoms with Crippen molar-refractivity contribution in [3.8, 4) is 0 Å². The Kier molecular flexibility index (Phi) is 3.91. The van der Waals surface area contributed by atoms with Crippen molar-refractivity contribution in [3.63, 3.8) is 0 Å². The zero-order chi connectivity index (χ0) is 13.1. The summed E-state index contributed by atoms with van der Waals surface area (Å²) in [7, 11) is 0. The van der Waals surface area contributed by atoms with Gasteiger partial charge in [0, 0.05) is 10.0 Å². The molecule has 0 radical (unpaired) electrons. The number of benzene rings is 1. The highest BCUT2D eigenvalue weighted by Crippen LogP contribution is 2.23. The molecule has 0 fully saturated rings. The van der Waals surface area contributed by atoms with Gasteiger partial charge in [0.2, 0.25) is 5.95 Å². The Bertz CT molecular complexity index is 543. The van der Waals surface area contributed by atoms with E-state index in [1.165, 1.54) is 18.3 Å². The Balaban J connectivity index is 2.16. The van der Waals surface area contributed by atoms with Gasteiger partial charge in [0.05, 0.1) is 17.9 Å². The third-order valence-corrected chi connectivity index (χ3v) is 3.03. The number of hydrogen-bond acceptors (Lipinski definition) is 2. The minimum atomic E-state index is -0.539. The molecule has 5 heteroatoms. The molecule has 2 aromatic rings. The lowest BCUT2D eigenvalue weighted by Crippen LogP contribution is -2.08. The fourth-order valence-corrected chi connectivity index (χ4v) is 1.97. The van der Waals surface area contributed by atoms with Gasteiger partial charge in [0.15, 0.2) is 0 Å². The van der Waals surface area contributed by atoms with Crippen molar-refractivity contribution < 1.29 is 8.78 Å². The van der Waals surface area contributed by atoms with Crippen LogP contribution in [0.2, 0.25) is 0 Å². The quantitative estimate of drug-likeness (QED) is 0.855. The van der Waals surface area contributed by atoms with E-state index in [-0.39, 0.29) is 11.9 Å². The van der Waals surface area contributed by atoms with Gasteiger partial charge >= 0.3 is 0 Å². The molecule has 0 saturated carbocycles. The van der Waals surface area contributed by atoms with E-state index in [4.69, 9.17) is 0 Å². The van der Waals surface area contributed by atoms with Gasteiger partial charge in [-0.25, -0.2) is 9.37 Å². The topological polar surface area (TPSA) is 24.9 Å². The smallest absolute Gasteiger partial charge is 0.212 e. The van der Waals surface area contributed by atoms with Crippen LogP contribution in [0, 0.1) is 11.8 Å². The Hall–Kier alpha value is -1.49. The van der Waals surface area contributed by atoms with Crippen molar-refractivity contribution in [3.05, 3.63) is 58.3 Å². The molecule has 2 nitrogen and oxygen atoms in total. The van der Waals surface area contributed by atoms with Crippen LogP contribution < -0.4 is 5.32 Å². The number of pyridine rings is 1. The number of aromatic nitrogens is 1. The molecule has 18 heavy (non-hydrogen) atoms. The fourth-order valence-electron chi connectivity index (χ4n) is 1.64. The Labute approximate surface area is 112 Å². The van der Waals surface area contributed by atoms with E-state index in [1.807, 2.05) is 6.92 Å². The van der Waals surface area contributed by atoms with Crippen molar-refractivity contribution in [2.45, 2.75) is 13.0 Å². The first-order valence-electron chi connectivity index (χ1n) is 5.39. The normalized spacial score (nSPS) is 12.2. The average molecular weight is 313 g/mol. The highest BCUT2D eigenvalue weighted by Gasteiger charge is 2.11. The Morgan fingerprint density at radius 3 is 2.61 bits per heavy atom. The lowest BCUT2D eigenvalue weighted by Gasteiger charge is -2.16. The van der Waals surface area contributed by atoms with Crippen LogP contribution in [-0.2, 0) is 0 Å². The van der Waals surface area contributed by atoms with E-state index in [0.717, 1.165) is 0 Å². The third-order valence-electron chi connectivity index (χ3n) is 2.54. The van der Waals surface area contributed by atoms with Crippen LogP contribution in [0.4, 0.5) is 14.5 Å². The summed E-state index contributed by atoms with van der Waals surface area (Å²) in [6.07, 6.45) is 1.38. The molecule has 0 aliphatic carbocycles. The van der Waals surface area contributed by atoms with Crippen LogP contribution in [0.5, 0.6) is 0 Å². The third kappa shape index (κ3) is 3.04. The standard InChI is InChI=1S/C13H11BrF2N2/c1-8(11-4-2-9(14)6-12(11)15)18-10-3-5-13(16)17-7-10/h2-8,18H,1H3. The van der Waals surface area contributed by atoms with Gasteiger partial charge in [0.1, 0.15) is 5.82 Å². The summed E-state index contributed by atoms with van der Waals surface area (Å²) in [5.74, 6) is -0.831. The minimum absolute atomic E-state index is 0.231. The monoisotopic (exact) mass is 312 g/mol. The SMILES string of the molecule is CC(Nc1ccc(F)nc1)c1ccc(Br)cc1F. The zero-order valence-corrected chi connectivity index (χ0v) is 11.2. The molecule has 0 aliphatic rings. The van der Waals surface area contributed by atoms with Crippen LogP contribution in [0.3, 0.4) is 0 Å². The van der Waals surface area contributed by atoms with Crippen molar-refractivity contribution in [2.75, 3.05) is 5.32 Å². The van der Waals surface area contributed by atoms with Gasteiger partial charge in [-0.15, -0.1) is 0 Å². The molecule has 1 atom stereocenters. The van der Waals surface area contributed by atoms with Gasteiger partial charge in [-0.3, -0.25) is 0 Å². The van der Waals surface area contributed by atoms with Gasteiger partial charge in [-0.1, -0.05) is 22.0 Å². The summed E-state index contributed by atoms with van der Waals surface area (Å²) in [5.41, 5.74) is 1.19. The van der Waals surface area contributed by atoms with E-state index >= 15 is 0 Å². The minimum Gasteiger partial charge on any atom is -0.377 e. The van der Waals surface area contributed by atoms with Crippen molar-refractivity contribution >= 4 is 21.6 Å². The average Bonchev–Trinajstić information content (AvgIpc) is 2.32.